The predicted octanol–water partition coefficient (Wildman–Crippen LogP) is 2.13. The molecule has 8 nitrogen and oxygen atoms in total. The number of aromatic nitrogens is 1. The standard InChI is InChI=1S/C22H28N4O4/c1-16-21(28-14-23-16)22(27)26-6-2-3-18(13-26)25-9-7-24(8-10-25)12-17-4-5-19-20(11-17)30-15-29-19/h4-5,11,14,18H,2-3,6-10,12-13,15H2,1H3. The van der Waals surface area contributed by atoms with Gasteiger partial charge < -0.3 is 18.8 Å². The Kier molecular flexibility index (Phi) is 5.35. The monoisotopic (exact) mass is 412 g/mol. The van der Waals surface area contributed by atoms with Crippen LogP contribution in [0.5, 0.6) is 11.5 Å². The second kappa shape index (κ2) is 8.28. The van der Waals surface area contributed by atoms with Crippen LogP contribution in [0.4, 0.5) is 0 Å². The summed E-state index contributed by atoms with van der Waals surface area (Å²) in [4.78, 5) is 23.8. The highest BCUT2D eigenvalue weighted by atomic mass is 16.7. The molecular formula is C22H28N4O4. The normalized spacial score (nSPS) is 22.4. The minimum atomic E-state index is -0.0313. The fourth-order valence-corrected chi connectivity index (χ4v) is 4.67. The van der Waals surface area contributed by atoms with Crippen molar-refractivity contribution < 1.29 is 18.7 Å². The van der Waals surface area contributed by atoms with Gasteiger partial charge in [0.2, 0.25) is 12.6 Å². The van der Waals surface area contributed by atoms with Gasteiger partial charge in [-0.25, -0.2) is 4.98 Å². The van der Waals surface area contributed by atoms with Gasteiger partial charge in [-0.05, 0) is 37.5 Å². The van der Waals surface area contributed by atoms with E-state index in [0.29, 0.717) is 24.3 Å². The Morgan fingerprint density at radius 3 is 2.77 bits per heavy atom. The molecule has 0 spiro atoms. The van der Waals surface area contributed by atoms with Crippen molar-refractivity contribution in [2.75, 3.05) is 46.1 Å². The Bertz CT molecular complexity index is 906. The van der Waals surface area contributed by atoms with Gasteiger partial charge in [-0.3, -0.25) is 14.6 Å². The molecular weight excluding hydrogens is 384 g/mol. The van der Waals surface area contributed by atoms with Gasteiger partial charge in [0, 0.05) is 51.9 Å². The van der Waals surface area contributed by atoms with E-state index < -0.39 is 0 Å². The van der Waals surface area contributed by atoms with Gasteiger partial charge in [0.15, 0.2) is 17.9 Å². The highest BCUT2D eigenvalue weighted by Crippen LogP contribution is 2.33. The number of piperidine rings is 1. The third-order valence-corrected chi connectivity index (χ3v) is 6.39. The molecule has 30 heavy (non-hydrogen) atoms. The van der Waals surface area contributed by atoms with Crippen molar-refractivity contribution in [3.63, 3.8) is 0 Å². The summed E-state index contributed by atoms with van der Waals surface area (Å²) in [5.41, 5.74) is 1.92. The highest BCUT2D eigenvalue weighted by Gasteiger charge is 2.32. The van der Waals surface area contributed by atoms with Crippen molar-refractivity contribution in [1.29, 1.82) is 0 Å². The summed E-state index contributed by atoms with van der Waals surface area (Å²) >= 11 is 0. The molecule has 160 valence electrons. The molecule has 2 aromatic rings. The number of oxazole rings is 1. The molecule has 8 heteroatoms. The van der Waals surface area contributed by atoms with E-state index in [-0.39, 0.29) is 5.91 Å². The van der Waals surface area contributed by atoms with Crippen molar-refractivity contribution >= 4 is 5.91 Å². The van der Waals surface area contributed by atoms with Gasteiger partial charge in [-0.15, -0.1) is 0 Å². The topological polar surface area (TPSA) is 71.3 Å². The first-order valence-corrected chi connectivity index (χ1v) is 10.7. The van der Waals surface area contributed by atoms with Gasteiger partial charge in [0.25, 0.3) is 5.91 Å². The van der Waals surface area contributed by atoms with E-state index in [0.717, 1.165) is 70.2 Å². The number of fused-ring (bicyclic) bond motifs is 1. The van der Waals surface area contributed by atoms with Crippen LogP contribution >= 0.6 is 0 Å². The van der Waals surface area contributed by atoms with E-state index in [9.17, 15) is 4.79 Å². The lowest BCUT2D eigenvalue weighted by molar-refractivity contribution is 0.0389. The molecule has 2 saturated heterocycles. The molecule has 1 unspecified atom stereocenters. The Morgan fingerprint density at radius 2 is 1.97 bits per heavy atom. The van der Waals surface area contributed by atoms with Crippen LogP contribution in [-0.4, -0.2) is 77.7 Å². The second-order valence-corrected chi connectivity index (χ2v) is 8.31. The van der Waals surface area contributed by atoms with Crippen LogP contribution in [0.15, 0.2) is 29.0 Å². The molecule has 0 bridgehead atoms. The van der Waals surface area contributed by atoms with Gasteiger partial charge >= 0.3 is 0 Å². The summed E-state index contributed by atoms with van der Waals surface area (Å²) in [6.45, 7) is 8.72. The molecule has 5 rings (SSSR count). The maximum absolute atomic E-state index is 12.8. The van der Waals surface area contributed by atoms with Gasteiger partial charge in [-0.1, -0.05) is 6.07 Å². The molecule has 1 aromatic carbocycles. The van der Waals surface area contributed by atoms with E-state index in [1.165, 1.54) is 12.0 Å². The Balaban J connectivity index is 1.14. The Morgan fingerprint density at radius 1 is 1.13 bits per heavy atom. The number of amides is 1. The number of carbonyl (C=O) groups is 1. The van der Waals surface area contributed by atoms with E-state index in [1.807, 2.05) is 17.9 Å². The number of rotatable bonds is 4. The predicted molar refractivity (Wildman–Crippen MR) is 110 cm³/mol. The zero-order valence-electron chi connectivity index (χ0n) is 17.4. The first-order valence-electron chi connectivity index (χ1n) is 10.7. The fourth-order valence-electron chi connectivity index (χ4n) is 4.67. The first-order chi connectivity index (χ1) is 14.7. The lowest BCUT2D eigenvalue weighted by atomic mass is 10.0. The smallest absolute Gasteiger partial charge is 0.291 e. The van der Waals surface area contributed by atoms with Crippen LogP contribution in [0.25, 0.3) is 0 Å². The molecule has 1 amide bonds. The summed E-state index contributed by atoms with van der Waals surface area (Å²) in [5.74, 6) is 2.03. The molecule has 1 aromatic heterocycles. The van der Waals surface area contributed by atoms with Crippen molar-refractivity contribution in [2.45, 2.75) is 32.4 Å². The maximum atomic E-state index is 12.8. The molecule has 4 heterocycles. The summed E-state index contributed by atoms with van der Waals surface area (Å²) in [5, 5.41) is 0. The largest absolute Gasteiger partial charge is 0.454 e. The summed E-state index contributed by atoms with van der Waals surface area (Å²) in [7, 11) is 0. The average Bonchev–Trinajstić information content (AvgIpc) is 3.42. The summed E-state index contributed by atoms with van der Waals surface area (Å²) in [6, 6.07) is 6.62. The van der Waals surface area contributed by atoms with Gasteiger partial charge in [0.1, 0.15) is 0 Å². The van der Waals surface area contributed by atoms with Crippen LogP contribution in [-0.2, 0) is 6.54 Å². The number of hydrogen-bond donors (Lipinski definition) is 0. The molecule has 3 aliphatic rings. The number of aryl methyl sites for hydroxylation is 1. The van der Waals surface area contributed by atoms with E-state index in [4.69, 9.17) is 13.9 Å². The minimum Gasteiger partial charge on any atom is -0.454 e. The maximum Gasteiger partial charge on any atom is 0.291 e. The van der Waals surface area contributed by atoms with Crippen LogP contribution in [0.1, 0.15) is 34.7 Å². The fraction of sp³-hybridized carbons (Fsp3) is 0.545. The zero-order valence-corrected chi connectivity index (χ0v) is 17.4. The van der Waals surface area contributed by atoms with E-state index >= 15 is 0 Å². The van der Waals surface area contributed by atoms with Crippen molar-refractivity contribution in [3.05, 3.63) is 41.6 Å². The first kappa shape index (κ1) is 19.4. The SMILES string of the molecule is Cc1ncoc1C(=O)N1CCCC(N2CCN(Cc3ccc4c(c3)OCO4)CC2)C1. The second-order valence-electron chi connectivity index (χ2n) is 8.31. The Labute approximate surface area is 176 Å². The van der Waals surface area contributed by atoms with Crippen LogP contribution in [0.3, 0.4) is 0 Å². The zero-order chi connectivity index (χ0) is 20.5. The molecule has 0 saturated carbocycles. The van der Waals surface area contributed by atoms with Crippen LogP contribution in [0.2, 0.25) is 0 Å². The molecule has 0 radical (unpaired) electrons. The number of carbonyl (C=O) groups excluding carboxylic acids is 1. The van der Waals surface area contributed by atoms with Crippen molar-refractivity contribution in [1.82, 2.24) is 19.7 Å². The van der Waals surface area contributed by atoms with E-state index in [2.05, 4.69) is 26.9 Å². The molecule has 0 N–H and O–H groups in total. The Hall–Kier alpha value is -2.58. The van der Waals surface area contributed by atoms with Crippen LogP contribution < -0.4 is 9.47 Å². The number of benzene rings is 1. The van der Waals surface area contributed by atoms with Crippen LogP contribution in [0, 0.1) is 6.92 Å². The number of hydrogen-bond acceptors (Lipinski definition) is 7. The lowest BCUT2D eigenvalue weighted by Gasteiger charge is -2.43. The third-order valence-electron chi connectivity index (χ3n) is 6.39. The number of piperazine rings is 1. The quantitative estimate of drug-likeness (QED) is 0.762. The number of likely N-dealkylation sites (tertiary alicyclic amines) is 1. The number of nitrogens with zero attached hydrogens (tertiary/aromatic N) is 4. The van der Waals surface area contributed by atoms with Gasteiger partial charge in [0.05, 0.1) is 5.69 Å². The van der Waals surface area contributed by atoms with E-state index in [1.54, 1.807) is 0 Å². The third kappa shape index (κ3) is 3.89. The summed E-state index contributed by atoms with van der Waals surface area (Å²) in [6.07, 6.45) is 3.52. The molecule has 1 atom stereocenters. The van der Waals surface area contributed by atoms with Crippen molar-refractivity contribution in [2.24, 2.45) is 0 Å². The lowest BCUT2D eigenvalue weighted by Crippen LogP contribution is -2.55. The van der Waals surface area contributed by atoms with Gasteiger partial charge in [-0.2, -0.15) is 0 Å². The van der Waals surface area contributed by atoms with Crippen molar-refractivity contribution in [3.8, 4) is 11.5 Å². The molecule has 3 aliphatic heterocycles. The summed E-state index contributed by atoms with van der Waals surface area (Å²) < 4.78 is 16.2. The molecule has 2 fully saturated rings. The molecule has 0 aliphatic carbocycles. The number of ether oxygens (including phenoxy) is 2. The highest BCUT2D eigenvalue weighted by molar-refractivity contribution is 5.92. The average molecular weight is 412 g/mol. The minimum absolute atomic E-state index is 0.0313.